The van der Waals surface area contributed by atoms with E-state index in [0.29, 0.717) is 18.0 Å². The fraction of sp³-hybridized carbons (Fsp3) is 0.471. The Bertz CT molecular complexity index is 692. The number of nitrogens with zero attached hydrogens (tertiary/aromatic N) is 4. The molecule has 0 bridgehead atoms. The summed E-state index contributed by atoms with van der Waals surface area (Å²) in [6.07, 6.45) is 4.45. The zero-order chi connectivity index (χ0) is 17.5. The minimum Gasteiger partial charge on any atom is -0.344 e. The number of thioether (sulfide) groups is 1. The Balaban J connectivity index is 1.56. The first-order valence-corrected chi connectivity index (χ1v) is 10.3. The third kappa shape index (κ3) is 4.93. The molecule has 0 aliphatic carbocycles. The highest BCUT2D eigenvalue weighted by Gasteiger charge is 2.15. The number of nitrogens with one attached hydrogen (secondary N) is 1. The summed E-state index contributed by atoms with van der Waals surface area (Å²) in [4.78, 5) is 15.3. The smallest absolute Gasteiger partial charge is 0.261 e. The molecule has 3 heterocycles. The van der Waals surface area contributed by atoms with Crippen LogP contribution in [0.5, 0.6) is 0 Å². The number of carbonyl (C=O) groups excluding carboxylic acids is 1. The minimum atomic E-state index is -0.0774. The fourth-order valence-corrected chi connectivity index (χ4v) is 4.40. The normalized spacial score (nSPS) is 14.7. The van der Waals surface area contributed by atoms with Crippen LogP contribution in [-0.4, -0.2) is 51.0 Å². The lowest BCUT2D eigenvalue weighted by Gasteiger charge is -2.14. The summed E-state index contributed by atoms with van der Waals surface area (Å²) in [7, 11) is 0. The van der Waals surface area contributed by atoms with E-state index in [2.05, 4.69) is 27.0 Å². The van der Waals surface area contributed by atoms with E-state index in [4.69, 9.17) is 0 Å². The predicted molar refractivity (Wildman–Crippen MR) is 102 cm³/mol. The largest absolute Gasteiger partial charge is 0.344 e. The predicted octanol–water partition coefficient (Wildman–Crippen LogP) is 2.64. The maximum absolute atomic E-state index is 12.1. The first kappa shape index (κ1) is 18.2. The van der Waals surface area contributed by atoms with Gasteiger partial charge >= 0.3 is 0 Å². The van der Waals surface area contributed by atoms with E-state index < -0.39 is 0 Å². The van der Waals surface area contributed by atoms with Crippen LogP contribution in [0.3, 0.4) is 0 Å². The van der Waals surface area contributed by atoms with Crippen molar-refractivity contribution in [1.29, 1.82) is 0 Å². The molecular weight excluding hydrogens is 354 g/mol. The summed E-state index contributed by atoms with van der Waals surface area (Å²) < 4.78 is 2.02. The van der Waals surface area contributed by atoms with Crippen LogP contribution in [0.2, 0.25) is 0 Å². The van der Waals surface area contributed by atoms with Crippen molar-refractivity contribution in [3.8, 4) is 0 Å². The summed E-state index contributed by atoms with van der Waals surface area (Å²) in [6.45, 7) is 8.32. The van der Waals surface area contributed by atoms with Crippen LogP contribution in [0.25, 0.3) is 0 Å². The quantitative estimate of drug-likeness (QED) is 0.538. The number of rotatable bonds is 9. The molecule has 1 fully saturated rings. The van der Waals surface area contributed by atoms with Gasteiger partial charge in [-0.25, -0.2) is 0 Å². The number of likely N-dealkylation sites (tertiary alicyclic amines) is 1. The molecule has 134 valence electrons. The Morgan fingerprint density at radius 2 is 2.24 bits per heavy atom. The molecule has 8 heteroatoms. The highest BCUT2D eigenvalue weighted by atomic mass is 32.2. The third-order valence-electron chi connectivity index (χ3n) is 4.09. The molecule has 0 saturated carbocycles. The summed E-state index contributed by atoms with van der Waals surface area (Å²) in [6, 6.07) is 3.68. The van der Waals surface area contributed by atoms with E-state index in [0.717, 1.165) is 23.3 Å². The van der Waals surface area contributed by atoms with E-state index in [1.165, 1.54) is 37.3 Å². The summed E-state index contributed by atoms with van der Waals surface area (Å²) in [5.41, 5.74) is 0. The highest BCUT2D eigenvalue weighted by molar-refractivity contribution is 7.99. The van der Waals surface area contributed by atoms with E-state index >= 15 is 0 Å². The van der Waals surface area contributed by atoms with Gasteiger partial charge in [0.25, 0.3) is 5.91 Å². The molecule has 0 atom stereocenters. The van der Waals surface area contributed by atoms with Crippen LogP contribution >= 0.6 is 23.1 Å². The van der Waals surface area contributed by atoms with Crippen molar-refractivity contribution in [2.45, 2.75) is 31.1 Å². The van der Waals surface area contributed by atoms with Crippen LogP contribution in [0.4, 0.5) is 0 Å². The minimum absolute atomic E-state index is 0.0774. The monoisotopic (exact) mass is 377 g/mol. The molecule has 0 aromatic carbocycles. The summed E-state index contributed by atoms with van der Waals surface area (Å²) in [5, 5.41) is 14.3. The second kappa shape index (κ2) is 9.17. The van der Waals surface area contributed by atoms with Crippen LogP contribution < -0.4 is 5.32 Å². The van der Waals surface area contributed by atoms with Crippen molar-refractivity contribution in [3.05, 3.63) is 40.9 Å². The first-order chi connectivity index (χ1) is 12.3. The maximum Gasteiger partial charge on any atom is 0.261 e. The van der Waals surface area contributed by atoms with Crippen LogP contribution in [0.15, 0.2) is 35.3 Å². The van der Waals surface area contributed by atoms with Gasteiger partial charge in [0.1, 0.15) is 0 Å². The molecule has 2 aromatic rings. The number of hydrogen-bond acceptors (Lipinski definition) is 6. The lowest BCUT2D eigenvalue weighted by molar-refractivity contribution is 0.0953. The van der Waals surface area contributed by atoms with Crippen LogP contribution in [0.1, 0.15) is 28.3 Å². The van der Waals surface area contributed by atoms with Gasteiger partial charge in [-0.15, -0.1) is 28.1 Å². The van der Waals surface area contributed by atoms with E-state index in [1.807, 2.05) is 28.2 Å². The lowest BCUT2D eigenvalue weighted by atomic mass is 10.4. The fourth-order valence-electron chi connectivity index (χ4n) is 2.80. The Labute approximate surface area is 156 Å². The average Bonchev–Trinajstić information content (AvgIpc) is 3.36. The van der Waals surface area contributed by atoms with Gasteiger partial charge in [0.15, 0.2) is 11.0 Å². The van der Waals surface area contributed by atoms with Crippen molar-refractivity contribution in [3.63, 3.8) is 0 Å². The maximum atomic E-state index is 12.1. The summed E-state index contributed by atoms with van der Waals surface area (Å²) >= 11 is 3.15. The van der Waals surface area contributed by atoms with Gasteiger partial charge in [-0.3, -0.25) is 4.79 Å². The average molecular weight is 378 g/mol. The van der Waals surface area contributed by atoms with Crippen LogP contribution in [0, 0.1) is 0 Å². The third-order valence-corrected chi connectivity index (χ3v) is 5.91. The topological polar surface area (TPSA) is 63.1 Å². The van der Waals surface area contributed by atoms with Crippen molar-refractivity contribution in [2.75, 3.05) is 25.4 Å². The van der Waals surface area contributed by atoms with Gasteiger partial charge in [0.05, 0.1) is 11.4 Å². The van der Waals surface area contributed by atoms with E-state index in [-0.39, 0.29) is 5.91 Å². The highest BCUT2D eigenvalue weighted by Crippen LogP contribution is 2.18. The molecule has 1 amide bonds. The molecule has 6 nitrogen and oxygen atoms in total. The van der Waals surface area contributed by atoms with Crippen molar-refractivity contribution < 1.29 is 4.79 Å². The zero-order valence-electron chi connectivity index (χ0n) is 14.2. The molecule has 1 aliphatic rings. The number of carbonyl (C=O) groups is 1. The molecule has 1 aliphatic heterocycles. The van der Waals surface area contributed by atoms with Gasteiger partial charge in [-0.2, -0.15) is 0 Å². The first-order valence-electron chi connectivity index (χ1n) is 8.48. The van der Waals surface area contributed by atoms with Gasteiger partial charge in [0.2, 0.25) is 0 Å². The van der Waals surface area contributed by atoms with Crippen molar-refractivity contribution >= 4 is 29.0 Å². The number of allylic oxidation sites excluding steroid dienone is 1. The standard InChI is InChI=1S/C17H23N5OS2/c1-2-7-22-15(13-18-16(23)14-6-5-11-24-14)19-20-17(22)25-12-10-21-8-3-4-9-21/h2,5-6,11H,1,3-4,7-10,12-13H2,(H,18,23). The number of amides is 1. The van der Waals surface area contributed by atoms with Gasteiger partial charge in [-0.1, -0.05) is 23.9 Å². The molecule has 3 rings (SSSR count). The molecule has 0 spiro atoms. The second-order valence-corrected chi connectivity index (χ2v) is 7.87. The molecule has 0 unspecified atom stereocenters. The Morgan fingerprint density at radius 1 is 1.40 bits per heavy atom. The van der Waals surface area contributed by atoms with Crippen LogP contribution in [-0.2, 0) is 13.1 Å². The van der Waals surface area contributed by atoms with Crippen molar-refractivity contribution in [1.82, 2.24) is 25.0 Å². The molecule has 25 heavy (non-hydrogen) atoms. The molecule has 1 saturated heterocycles. The SMILES string of the molecule is C=CCn1c(CNC(=O)c2cccs2)nnc1SCCN1CCCC1. The molecule has 2 aromatic heterocycles. The Morgan fingerprint density at radius 3 is 2.96 bits per heavy atom. The zero-order valence-corrected chi connectivity index (χ0v) is 15.8. The lowest BCUT2D eigenvalue weighted by Crippen LogP contribution is -2.24. The number of thiophene rings is 1. The number of aromatic nitrogens is 3. The summed E-state index contributed by atoms with van der Waals surface area (Å²) in [5.74, 6) is 1.68. The van der Waals surface area contributed by atoms with E-state index in [9.17, 15) is 4.79 Å². The van der Waals surface area contributed by atoms with Crippen molar-refractivity contribution in [2.24, 2.45) is 0 Å². The molecule has 0 radical (unpaired) electrons. The van der Waals surface area contributed by atoms with E-state index in [1.54, 1.807) is 11.8 Å². The second-order valence-electron chi connectivity index (χ2n) is 5.86. The van der Waals surface area contributed by atoms with Gasteiger partial charge in [0, 0.05) is 18.8 Å². The Hall–Kier alpha value is -1.64. The Kier molecular flexibility index (Phi) is 6.66. The number of hydrogen-bond donors (Lipinski definition) is 1. The molecular formula is C17H23N5OS2. The van der Waals surface area contributed by atoms with Gasteiger partial charge < -0.3 is 14.8 Å². The van der Waals surface area contributed by atoms with Gasteiger partial charge in [-0.05, 0) is 37.4 Å². The molecule has 1 N–H and O–H groups in total.